The van der Waals surface area contributed by atoms with Crippen molar-refractivity contribution < 1.29 is 19.1 Å². The minimum atomic E-state index is -0.431. The monoisotopic (exact) mass is 588 g/mol. The lowest BCUT2D eigenvalue weighted by molar-refractivity contribution is -0.137. The van der Waals surface area contributed by atoms with Gasteiger partial charge in [0.05, 0.1) is 24.1 Å². The fraction of sp³-hybridized carbons (Fsp3) is 0.571. The van der Waals surface area contributed by atoms with Crippen molar-refractivity contribution in [2.75, 3.05) is 52.4 Å². The second-order valence-electron chi connectivity index (χ2n) is 12.7. The van der Waals surface area contributed by atoms with Gasteiger partial charge in [0, 0.05) is 26.2 Å². The molecular weight excluding hydrogens is 540 g/mol. The summed E-state index contributed by atoms with van der Waals surface area (Å²) < 4.78 is 6.02. The molecule has 2 aromatic carbocycles. The average molecular weight is 589 g/mol. The molecule has 2 saturated heterocycles. The van der Waals surface area contributed by atoms with Crippen molar-refractivity contribution in [1.29, 1.82) is 0 Å². The van der Waals surface area contributed by atoms with Gasteiger partial charge in [0.2, 0.25) is 11.8 Å². The van der Waals surface area contributed by atoms with Crippen molar-refractivity contribution in [3.05, 3.63) is 65.2 Å². The van der Waals surface area contributed by atoms with E-state index in [-0.39, 0.29) is 17.7 Å². The zero-order valence-electron chi connectivity index (χ0n) is 25.7. The first-order valence-corrected chi connectivity index (χ1v) is 16.3. The summed E-state index contributed by atoms with van der Waals surface area (Å²) in [7, 11) is 0. The van der Waals surface area contributed by atoms with Gasteiger partial charge in [0.25, 0.3) is 5.91 Å². The Morgan fingerprint density at radius 3 is 2.40 bits per heavy atom. The van der Waals surface area contributed by atoms with Crippen LogP contribution < -0.4 is 15.4 Å². The molecule has 0 bridgehead atoms. The highest BCUT2D eigenvalue weighted by Crippen LogP contribution is 2.37. The van der Waals surface area contributed by atoms with E-state index < -0.39 is 5.41 Å². The Labute approximate surface area is 256 Å². The molecule has 0 aromatic heterocycles. The van der Waals surface area contributed by atoms with E-state index in [1.165, 1.54) is 5.56 Å². The molecule has 8 nitrogen and oxygen atoms in total. The quantitative estimate of drug-likeness (QED) is 0.554. The maximum absolute atomic E-state index is 13.6. The maximum atomic E-state index is 13.6. The van der Waals surface area contributed by atoms with Crippen molar-refractivity contribution in [2.24, 2.45) is 11.3 Å². The Hall–Kier alpha value is -3.39. The highest BCUT2D eigenvalue weighted by molar-refractivity contribution is 5.97. The van der Waals surface area contributed by atoms with Gasteiger partial charge >= 0.3 is 0 Å². The number of piperidine rings is 2. The Balaban J connectivity index is 1.10. The van der Waals surface area contributed by atoms with Crippen LogP contribution in [0.5, 0.6) is 5.75 Å². The Bertz CT molecular complexity index is 1230. The van der Waals surface area contributed by atoms with Gasteiger partial charge in [-0.25, -0.2) is 0 Å². The molecule has 0 saturated carbocycles. The van der Waals surface area contributed by atoms with E-state index >= 15 is 0 Å². The van der Waals surface area contributed by atoms with E-state index in [0.717, 1.165) is 83.1 Å². The molecule has 2 N–H and O–H groups in total. The standard InChI is InChI=1S/C35H48N4O4/c1-27-9-7-12-30-32(27)43-24-8-19-37-34(42)35(15-5-6-18-36-33(30)41)16-22-38(23-17-35)26-31(40)39-20-13-29(14-21-39)25-28-10-3-2-4-11-28/h2-4,7,9-12,29H,5-6,8,13-26H2,1H3,(H,36,41)(H,37,42). The Morgan fingerprint density at radius 1 is 0.884 bits per heavy atom. The minimum Gasteiger partial charge on any atom is -0.492 e. The molecule has 0 unspecified atom stereocenters. The Kier molecular flexibility index (Phi) is 10.7. The minimum absolute atomic E-state index is 0.115. The molecule has 3 amide bonds. The molecule has 5 rings (SSSR count). The molecule has 3 heterocycles. The lowest BCUT2D eigenvalue weighted by atomic mass is 9.73. The fourth-order valence-electron chi connectivity index (χ4n) is 6.90. The van der Waals surface area contributed by atoms with E-state index in [2.05, 4.69) is 45.9 Å². The van der Waals surface area contributed by atoms with Gasteiger partial charge in [-0.3, -0.25) is 19.3 Å². The van der Waals surface area contributed by atoms with Gasteiger partial charge in [-0.05, 0) is 94.5 Å². The third kappa shape index (κ3) is 8.17. The number of hydrogen-bond donors (Lipinski definition) is 2. The van der Waals surface area contributed by atoms with Crippen LogP contribution in [0.15, 0.2) is 48.5 Å². The molecule has 1 spiro atoms. The summed E-state index contributed by atoms with van der Waals surface area (Å²) in [5.41, 5.74) is 2.44. The van der Waals surface area contributed by atoms with E-state index in [0.29, 0.717) is 49.9 Å². The number of aryl methyl sites for hydroxylation is 1. The zero-order valence-corrected chi connectivity index (χ0v) is 25.7. The number of carbonyl (C=O) groups is 3. The number of benzene rings is 2. The number of fused-ring (bicyclic) bond motifs is 1. The van der Waals surface area contributed by atoms with Gasteiger partial charge in [0.15, 0.2) is 0 Å². The molecule has 232 valence electrons. The first kappa shape index (κ1) is 31.0. The van der Waals surface area contributed by atoms with Crippen LogP contribution in [0.1, 0.15) is 72.9 Å². The van der Waals surface area contributed by atoms with E-state index in [9.17, 15) is 14.4 Å². The lowest BCUT2D eigenvalue weighted by Gasteiger charge is -2.41. The number of rotatable bonds is 4. The van der Waals surface area contributed by atoms with E-state index in [1.54, 1.807) is 6.07 Å². The molecule has 0 atom stereocenters. The molecule has 2 fully saturated rings. The van der Waals surface area contributed by atoms with Gasteiger partial charge in [-0.2, -0.15) is 0 Å². The highest BCUT2D eigenvalue weighted by Gasteiger charge is 2.41. The van der Waals surface area contributed by atoms with Crippen molar-refractivity contribution in [3.63, 3.8) is 0 Å². The van der Waals surface area contributed by atoms with Crippen molar-refractivity contribution in [1.82, 2.24) is 20.4 Å². The number of para-hydroxylation sites is 1. The number of likely N-dealkylation sites (tertiary alicyclic amines) is 2. The summed E-state index contributed by atoms with van der Waals surface area (Å²) in [4.78, 5) is 43.9. The first-order valence-electron chi connectivity index (χ1n) is 16.3. The van der Waals surface area contributed by atoms with Crippen LogP contribution in [0.25, 0.3) is 0 Å². The van der Waals surface area contributed by atoms with Gasteiger partial charge in [-0.15, -0.1) is 0 Å². The highest BCUT2D eigenvalue weighted by atomic mass is 16.5. The van der Waals surface area contributed by atoms with Gasteiger partial charge < -0.3 is 20.3 Å². The van der Waals surface area contributed by atoms with Gasteiger partial charge in [-0.1, -0.05) is 48.9 Å². The largest absolute Gasteiger partial charge is 0.492 e. The van der Waals surface area contributed by atoms with E-state index in [1.807, 2.05) is 24.0 Å². The van der Waals surface area contributed by atoms with Crippen molar-refractivity contribution >= 4 is 17.7 Å². The summed E-state index contributed by atoms with van der Waals surface area (Å²) in [5.74, 6) is 1.48. The summed E-state index contributed by atoms with van der Waals surface area (Å²) in [6.45, 7) is 7.07. The fourth-order valence-corrected chi connectivity index (χ4v) is 6.90. The average Bonchev–Trinajstić information content (AvgIpc) is 3.02. The zero-order chi connectivity index (χ0) is 30.1. The number of nitrogens with zero attached hydrogens (tertiary/aromatic N) is 2. The molecule has 0 radical (unpaired) electrons. The van der Waals surface area contributed by atoms with Crippen LogP contribution in [0.4, 0.5) is 0 Å². The van der Waals surface area contributed by atoms with Crippen molar-refractivity contribution in [2.45, 2.75) is 64.7 Å². The van der Waals surface area contributed by atoms with E-state index in [4.69, 9.17) is 4.74 Å². The van der Waals surface area contributed by atoms with Crippen LogP contribution in [0.2, 0.25) is 0 Å². The predicted molar refractivity (Wildman–Crippen MR) is 168 cm³/mol. The topological polar surface area (TPSA) is 91.0 Å². The van der Waals surface area contributed by atoms with Crippen LogP contribution >= 0.6 is 0 Å². The summed E-state index contributed by atoms with van der Waals surface area (Å²) >= 11 is 0. The van der Waals surface area contributed by atoms with Gasteiger partial charge in [0.1, 0.15) is 5.75 Å². The smallest absolute Gasteiger partial charge is 0.255 e. The predicted octanol–water partition coefficient (Wildman–Crippen LogP) is 4.36. The van der Waals surface area contributed by atoms with Crippen LogP contribution in [0.3, 0.4) is 0 Å². The second kappa shape index (κ2) is 14.9. The molecule has 8 heteroatoms. The normalized spacial score (nSPS) is 21.1. The number of carbonyl (C=O) groups excluding carboxylic acids is 3. The lowest BCUT2D eigenvalue weighted by Crippen LogP contribution is -2.51. The Morgan fingerprint density at radius 2 is 1.63 bits per heavy atom. The molecule has 3 aliphatic heterocycles. The number of ether oxygens (including phenoxy) is 1. The SMILES string of the molecule is Cc1cccc2c1OCCCNC(=O)C1(CCCCNC2=O)CCN(CC(=O)N2CCC(Cc3ccccc3)CC2)CC1. The second-order valence-corrected chi connectivity index (χ2v) is 12.7. The molecule has 0 aliphatic carbocycles. The van der Waals surface area contributed by atoms with Crippen LogP contribution in [-0.4, -0.2) is 79.9 Å². The molecular formula is C35H48N4O4. The number of amides is 3. The third-order valence-corrected chi connectivity index (χ3v) is 9.67. The third-order valence-electron chi connectivity index (χ3n) is 9.67. The summed E-state index contributed by atoms with van der Waals surface area (Å²) in [6, 6.07) is 16.3. The van der Waals surface area contributed by atoms with Crippen LogP contribution in [-0.2, 0) is 16.0 Å². The first-order chi connectivity index (χ1) is 20.9. The van der Waals surface area contributed by atoms with Crippen LogP contribution in [0, 0.1) is 18.3 Å². The molecule has 3 aliphatic rings. The number of hydrogen-bond acceptors (Lipinski definition) is 5. The molecule has 2 aromatic rings. The summed E-state index contributed by atoms with van der Waals surface area (Å²) in [6.07, 6.45) is 7.83. The maximum Gasteiger partial charge on any atom is 0.255 e. The van der Waals surface area contributed by atoms with Crippen molar-refractivity contribution in [3.8, 4) is 5.75 Å². The summed E-state index contributed by atoms with van der Waals surface area (Å²) in [5, 5.41) is 6.24. The number of nitrogens with one attached hydrogen (secondary N) is 2. The molecule has 43 heavy (non-hydrogen) atoms.